The third kappa shape index (κ3) is 3.28. The summed E-state index contributed by atoms with van der Waals surface area (Å²) in [6.45, 7) is 0. The molecule has 0 aliphatic carbocycles. The average molecular weight is 214 g/mol. The molecule has 15 heavy (non-hydrogen) atoms. The fourth-order valence-corrected chi connectivity index (χ4v) is 1.46. The summed E-state index contributed by atoms with van der Waals surface area (Å²) < 4.78 is 12.0. The zero-order chi connectivity index (χ0) is 11.3. The molecule has 3 N–H and O–H groups in total. The van der Waals surface area contributed by atoms with Crippen molar-refractivity contribution in [3.8, 4) is 0 Å². The van der Waals surface area contributed by atoms with E-state index in [0.29, 0.717) is 6.42 Å². The van der Waals surface area contributed by atoms with E-state index < -0.39 is 0 Å². The molecule has 0 aromatic carbocycles. The standard InChI is InChI=1S/C9H18N4O2/c1-13-5-4-7(12-13)6-8(11-10)9(14-2)15-3/h4-5,8-9,11H,6,10H2,1-3H3. The van der Waals surface area contributed by atoms with Crippen LogP contribution in [0.25, 0.3) is 0 Å². The SMILES string of the molecule is COC(OC)C(Cc1ccn(C)n1)NN. The van der Waals surface area contributed by atoms with Gasteiger partial charge in [0.25, 0.3) is 0 Å². The topological polar surface area (TPSA) is 74.3 Å². The van der Waals surface area contributed by atoms with Crippen LogP contribution in [0, 0.1) is 0 Å². The first kappa shape index (κ1) is 12.1. The third-order valence-corrected chi connectivity index (χ3v) is 2.21. The first-order chi connectivity index (χ1) is 7.21. The Labute approximate surface area is 89.3 Å². The number of nitrogens with two attached hydrogens (primary N) is 1. The van der Waals surface area contributed by atoms with E-state index in [1.54, 1.807) is 18.9 Å². The summed E-state index contributed by atoms with van der Waals surface area (Å²) in [6, 6.07) is 1.82. The van der Waals surface area contributed by atoms with E-state index in [-0.39, 0.29) is 12.3 Å². The van der Waals surface area contributed by atoms with Gasteiger partial charge in [-0.1, -0.05) is 0 Å². The van der Waals surface area contributed by atoms with Crippen LogP contribution >= 0.6 is 0 Å². The van der Waals surface area contributed by atoms with Gasteiger partial charge >= 0.3 is 0 Å². The molecule has 0 aliphatic rings. The van der Waals surface area contributed by atoms with Crippen LogP contribution < -0.4 is 11.3 Å². The number of hydrogen-bond acceptors (Lipinski definition) is 5. The Morgan fingerprint density at radius 2 is 2.20 bits per heavy atom. The van der Waals surface area contributed by atoms with Gasteiger partial charge in [0.15, 0.2) is 6.29 Å². The van der Waals surface area contributed by atoms with Crippen molar-refractivity contribution in [1.82, 2.24) is 15.2 Å². The van der Waals surface area contributed by atoms with Gasteiger partial charge in [-0.25, -0.2) is 0 Å². The molecule has 1 aromatic heterocycles. The molecule has 0 amide bonds. The molecule has 6 nitrogen and oxygen atoms in total. The van der Waals surface area contributed by atoms with Gasteiger partial charge in [0.05, 0.1) is 11.7 Å². The smallest absolute Gasteiger partial charge is 0.173 e. The van der Waals surface area contributed by atoms with Crippen molar-refractivity contribution >= 4 is 0 Å². The van der Waals surface area contributed by atoms with Gasteiger partial charge in [0.2, 0.25) is 0 Å². The van der Waals surface area contributed by atoms with E-state index in [1.807, 2.05) is 19.3 Å². The van der Waals surface area contributed by atoms with Crippen LogP contribution in [-0.2, 0) is 22.9 Å². The molecule has 0 aliphatic heterocycles. The zero-order valence-corrected chi connectivity index (χ0v) is 9.30. The van der Waals surface area contributed by atoms with E-state index >= 15 is 0 Å². The lowest BCUT2D eigenvalue weighted by molar-refractivity contribution is -0.122. The van der Waals surface area contributed by atoms with Gasteiger partial charge in [0.1, 0.15) is 0 Å². The van der Waals surface area contributed by atoms with Crippen LogP contribution in [-0.4, -0.2) is 36.3 Å². The molecular formula is C9H18N4O2. The number of rotatable bonds is 6. The Balaban J connectivity index is 2.60. The minimum Gasteiger partial charge on any atom is -0.354 e. The molecule has 0 spiro atoms. The van der Waals surface area contributed by atoms with Crippen molar-refractivity contribution in [3.05, 3.63) is 18.0 Å². The maximum absolute atomic E-state index is 5.43. The van der Waals surface area contributed by atoms with Gasteiger partial charge in [-0.3, -0.25) is 16.0 Å². The number of nitrogens with zero attached hydrogens (tertiary/aromatic N) is 2. The monoisotopic (exact) mass is 214 g/mol. The van der Waals surface area contributed by atoms with E-state index in [9.17, 15) is 0 Å². The molecule has 0 saturated heterocycles. The molecule has 1 unspecified atom stereocenters. The molecule has 1 aromatic rings. The van der Waals surface area contributed by atoms with Crippen LogP contribution in [0.3, 0.4) is 0 Å². The molecule has 1 rings (SSSR count). The highest BCUT2D eigenvalue weighted by atomic mass is 16.7. The second kappa shape index (κ2) is 5.82. The number of hydrogen-bond donors (Lipinski definition) is 2. The minimum absolute atomic E-state index is 0.116. The van der Waals surface area contributed by atoms with Crippen LogP contribution in [0.2, 0.25) is 0 Å². The summed E-state index contributed by atoms with van der Waals surface area (Å²) in [5.41, 5.74) is 3.61. The van der Waals surface area contributed by atoms with Crippen LogP contribution in [0.4, 0.5) is 0 Å². The quantitative estimate of drug-likeness (QED) is 0.376. The molecule has 0 radical (unpaired) electrons. The normalized spacial score (nSPS) is 13.4. The molecule has 0 fully saturated rings. The summed E-state index contributed by atoms with van der Waals surface area (Å²) in [5.74, 6) is 5.43. The number of nitrogens with one attached hydrogen (secondary N) is 1. The maximum atomic E-state index is 5.43. The lowest BCUT2D eigenvalue weighted by atomic mass is 10.1. The highest BCUT2D eigenvalue weighted by molar-refractivity contribution is 5.01. The second-order valence-corrected chi connectivity index (χ2v) is 3.30. The van der Waals surface area contributed by atoms with Crippen LogP contribution in [0.1, 0.15) is 5.69 Å². The summed E-state index contributed by atoms with van der Waals surface area (Å²) in [6.07, 6.45) is 2.17. The lowest BCUT2D eigenvalue weighted by Crippen LogP contribution is -2.47. The molecule has 1 atom stereocenters. The Bertz CT molecular complexity index is 285. The van der Waals surface area contributed by atoms with Crippen molar-refractivity contribution in [3.63, 3.8) is 0 Å². The number of hydrazine groups is 1. The lowest BCUT2D eigenvalue weighted by Gasteiger charge is -2.23. The third-order valence-electron chi connectivity index (χ3n) is 2.21. The Hall–Kier alpha value is -0.950. The highest BCUT2D eigenvalue weighted by Gasteiger charge is 2.20. The van der Waals surface area contributed by atoms with Crippen LogP contribution in [0.5, 0.6) is 0 Å². The number of aryl methyl sites for hydroxylation is 1. The zero-order valence-electron chi connectivity index (χ0n) is 9.30. The molecular weight excluding hydrogens is 196 g/mol. The number of ether oxygens (including phenoxy) is 2. The minimum atomic E-state index is -0.378. The van der Waals surface area contributed by atoms with E-state index in [0.717, 1.165) is 5.69 Å². The van der Waals surface area contributed by atoms with Crippen LogP contribution in [0.15, 0.2) is 12.3 Å². The summed E-state index contributed by atoms with van der Waals surface area (Å²) in [7, 11) is 5.03. The molecule has 1 heterocycles. The number of methoxy groups -OCH3 is 2. The fourth-order valence-electron chi connectivity index (χ4n) is 1.46. The van der Waals surface area contributed by atoms with Crippen molar-refractivity contribution < 1.29 is 9.47 Å². The van der Waals surface area contributed by atoms with Crippen molar-refractivity contribution in [2.45, 2.75) is 18.8 Å². The largest absolute Gasteiger partial charge is 0.354 e. The van der Waals surface area contributed by atoms with E-state index in [4.69, 9.17) is 15.3 Å². The average Bonchev–Trinajstić information content (AvgIpc) is 2.64. The van der Waals surface area contributed by atoms with E-state index in [2.05, 4.69) is 10.5 Å². The van der Waals surface area contributed by atoms with Crippen molar-refractivity contribution in [2.24, 2.45) is 12.9 Å². The maximum Gasteiger partial charge on any atom is 0.173 e. The van der Waals surface area contributed by atoms with E-state index in [1.165, 1.54) is 0 Å². The van der Waals surface area contributed by atoms with Gasteiger partial charge < -0.3 is 9.47 Å². The second-order valence-electron chi connectivity index (χ2n) is 3.30. The highest BCUT2D eigenvalue weighted by Crippen LogP contribution is 2.06. The van der Waals surface area contributed by atoms with Crippen molar-refractivity contribution in [1.29, 1.82) is 0 Å². The summed E-state index contributed by atoms with van der Waals surface area (Å²) in [5, 5.41) is 4.26. The van der Waals surface area contributed by atoms with Gasteiger partial charge in [0, 0.05) is 33.9 Å². The summed E-state index contributed by atoms with van der Waals surface area (Å²) in [4.78, 5) is 0. The molecule has 6 heteroatoms. The first-order valence-electron chi connectivity index (χ1n) is 4.71. The molecule has 0 bridgehead atoms. The van der Waals surface area contributed by atoms with Gasteiger partial charge in [-0.2, -0.15) is 5.10 Å². The number of aromatic nitrogens is 2. The first-order valence-corrected chi connectivity index (χ1v) is 4.71. The van der Waals surface area contributed by atoms with Gasteiger partial charge in [-0.15, -0.1) is 0 Å². The Morgan fingerprint density at radius 3 is 2.60 bits per heavy atom. The Morgan fingerprint density at radius 1 is 1.53 bits per heavy atom. The fraction of sp³-hybridized carbons (Fsp3) is 0.667. The molecule has 86 valence electrons. The predicted molar refractivity (Wildman–Crippen MR) is 55.8 cm³/mol. The predicted octanol–water partition coefficient (Wildman–Crippen LogP) is -0.587. The van der Waals surface area contributed by atoms with Gasteiger partial charge in [-0.05, 0) is 6.07 Å². The van der Waals surface area contributed by atoms with Crippen molar-refractivity contribution in [2.75, 3.05) is 14.2 Å². The Kier molecular flexibility index (Phi) is 4.70. The molecule has 0 saturated carbocycles. The summed E-state index contributed by atoms with van der Waals surface area (Å²) >= 11 is 0.